The van der Waals surface area contributed by atoms with E-state index >= 15 is 0 Å². The molecule has 5 heteroatoms. The summed E-state index contributed by atoms with van der Waals surface area (Å²) < 4.78 is 0.906. The Morgan fingerprint density at radius 1 is 1.53 bits per heavy atom. The minimum absolute atomic E-state index is 0.492. The molecule has 0 spiro atoms. The van der Waals surface area contributed by atoms with Crippen LogP contribution in [0.2, 0.25) is 5.02 Å². The van der Waals surface area contributed by atoms with E-state index in [0.717, 1.165) is 20.7 Å². The van der Waals surface area contributed by atoms with E-state index in [1.54, 1.807) is 17.4 Å². The highest BCUT2D eigenvalue weighted by Gasteiger charge is 2.14. The van der Waals surface area contributed by atoms with Crippen molar-refractivity contribution >= 4 is 38.9 Å². The minimum Gasteiger partial charge on any atom is -0.388 e. The molecule has 0 bridgehead atoms. The topological polar surface area (TPSA) is 33.1 Å². The molecule has 0 aliphatic rings. The van der Waals surface area contributed by atoms with E-state index in [0.29, 0.717) is 11.4 Å². The summed E-state index contributed by atoms with van der Waals surface area (Å²) in [5.74, 6) is 0. The summed E-state index contributed by atoms with van der Waals surface area (Å²) in [5, 5.41) is 13.7. The van der Waals surface area contributed by atoms with Gasteiger partial charge in [-0.25, -0.2) is 4.98 Å². The highest BCUT2D eigenvalue weighted by Crippen LogP contribution is 2.28. The summed E-state index contributed by atoms with van der Waals surface area (Å²) in [6.45, 7) is 1.95. The van der Waals surface area contributed by atoms with Crippen molar-refractivity contribution in [2.45, 2.75) is 19.4 Å². The lowest BCUT2D eigenvalue weighted by molar-refractivity contribution is 0.177. The minimum atomic E-state index is -0.614. The fraction of sp³-hybridized carbons (Fsp3) is 0.250. The molecule has 0 saturated carbocycles. The fourth-order valence-corrected chi connectivity index (χ4v) is 3.01. The smallest absolute Gasteiger partial charge is 0.0897 e. The maximum absolute atomic E-state index is 10.1. The summed E-state index contributed by atoms with van der Waals surface area (Å²) in [6.07, 6.45) is -0.122. The van der Waals surface area contributed by atoms with Crippen molar-refractivity contribution in [3.8, 4) is 0 Å². The first-order valence-electron chi connectivity index (χ1n) is 5.10. The van der Waals surface area contributed by atoms with Gasteiger partial charge in [0, 0.05) is 21.3 Å². The van der Waals surface area contributed by atoms with Crippen molar-refractivity contribution in [3.05, 3.63) is 49.3 Å². The van der Waals surface area contributed by atoms with Gasteiger partial charge in [-0.15, -0.1) is 11.3 Å². The Labute approximate surface area is 117 Å². The van der Waals surface area contributed by atoms with Crippen molar-refractivity contribution in [2.24, 2.45) is 0 Å². The molecule has 0 aliphatic carbocycles. The normalized spacial score (nSPS) is 12.7. The second kappa shape index (κ2) is 5.48. The summed E-state index contributed by atoms with van der Waals surface area (Å²) in [7, 11) is 0. The van der Waals surface area contributed by atoms with Crippen LogP contribution in [0.3, 0.4) is 0 Å². The molecular weight excluding hydrogens is 322 g/mol. The maximum atomic E-state index is 10.1. The largest absolute Gasteiger partial charge is 0.388 e. The van der Waals surface area contributed by atoms with Crippen LogP contribution in [-0.4, -0.2) is 10.1 Å². The zero-order valence-corrected chi connectivity index (χ0v) is 12.3. The van der Waals surface area contributed by atoms with Crippen molar-refractivity contribution in [1.82, 2.24) is 4.98 Å². The number of halogens is 2. The lowest BCUT2D eigenvalue weighted by Crippen LogP contribution is -2.03. The lowest BCUT2D eigenvalue weighted by atomic mass is 10.1. The molecule has 2 rings (SSSR count). The zero-order valence-electron chi connectivity index (χ0n) is 9.15. The number of thiazole rings is 1. The van der Waals surface area contributed by atoms with Crippen LogP contribution in [0.1, 0.15) is 22.4 Å². The standard InChI is InChI=1S/C12H11BrClNOS/c1-7-15-9(6-17-7)5-12(16)10-3-2-8(13)4-11(10)14/h2-4,6,12,16H,5H2,1H3. The molecule has 0 saturated heterocycles. The van der Waals surface area contributed by atoms with E-state index in [-0.39, 0.29) is 0 Å². The van der Waals surface area contributed by atoms with Gasteiger partial charge in [-0.3, -0.25) is 0 Å². The number of rotatable bonds is 3. The SMILES string of the molecule is Cc1nc(CC(O)c2ccc(Br)cc2Cl)cs1. The van der Waals surface area contributed by atoms with Gasteiger partial charge in [0.1, 0.15) is 0 Å². The molecule has 2 aromatic rings. The summed E-state index contributed by atoms with van der Waals surface area (Å²) in [5.41, 5.74) is 1.64. The van der Waals surface area contributed by atoms with E-state index in [1.807, 2.05) is 24.4 Å². The third-order valence-electron chi connectivity index (χ3n) is 2.39. The molecule has 0 fully saturated rings. The van der Waals surface area contributed by atoms with Gasteiger partial charge in [0.2, 0.25) is 0 Å². The van der Waals surface area contributed by atoms with Crippen LogP contribution in [0.25, 0.3) is 0 Å². The van der Waals surface area contributed by atoms with Gasteiger partial charge in [-0.1, -0.05) is 33.6 Å². The molecule has 0 aliphatic heterocycles. The van der Waals surface area contributed by atoms with Crippen molar-refractivity contribution < 1.29 is 5.11 Å². The lowest BCUT2D eigenvalue weighted by Gasteiger charge is -2.11. The molecule has 1 atom stereocenters. The van der Waals surface area contributed by atoms with Crippen LogP contribution in [0.15, 0.2) is 28.1 Å². The van der Waals surface area contributed by atoms with Gasteiger partial charge < -0.3 is 5.11 Å². The molecular formula is C12H11BrClNOS. The number of aromatic nitrogens is 1. The molecule has 1 N–H and O–H groups in total. The second-order valence-electron chi connectivity index (χ2n) is 3.74. The molecule has 1 aromatic heterocycles. The molecule has 1 aromatic carbocycles. The molecule has 1 heterocycles. The van der Waals surface area contributed by atoms with E-state index in [9.17, 15) is 5.11 Å². The number of nitrogens with zero attached hydrogens (tertiary/aromatic N) is 1. The van der Waals surface area contributed by atoms with Crippen LogP contribution in [0.4, 0.5) is 0 Å². The van der Waals surface area contributed by atoms with Gasteiger partial charge in [0.05, 0.1) is 16.8 Å². The number of hydrogen-bond acceptors (Lipinski definition) is 3. The van der Waals surface area contributed by atoms with E-state index < -0.39 is 6.10 Å². The number of benzene rings is 1. The molecule has 0 radical (unpaired) electrons. The van der Waals surface area contributed by atoms with Crippen molar-refractivity contribution in [1.29, 1.82) is 0 Å². The Morgan fingerprint density at radius 2 is 2.29 bits per heavy atom. The Bertz CT molecular complexity index is 529. The van der Waals surface area contributed by atoms with Crippen molar-refractivity contribution in [3.63, 3.8) is 0 Å². The van der Waals surface area contributed by atoms with E-state index in [4.69, 9.17) is 11.6 Å². The molecule has 2 nitrogen and oxygen atoms in total. The Balaban J connectivity index is 2.17. The van der Waals surface area contributed by atoms with E-state index in [2.05, 4.69) is 20.9 Å². The average Bonchev–Trinajstić information content (AvgIpc) is 2.63. The molecule has 0 amide bonds. The van der Waals surface area contributed by atoms with E-state index in [1.165, 1.54) is 0 Å². The summed E-state index contributed by atoms with van der Waals surface area (Å²) >= 11 is 11.0. The molecule has 17 heavy (non-hydrogen) atoms. The number of aliphatic hydroxyl groups is 1. The Kier molecular flexibility index (Phi) is 4.20. The maximum Gasteiger partial charge on any atom is 0.0897 e. The van der Waals surface area contributed by atoms with Crippen LogP contribution in [0, 0.1) is 6.92 Å². The highest BCUT2D eigenvalue weighted by molar-refractivity contribution is 9.10. The third kappa shape index (κ3) is 3.28. The van der Waals surface area contributed by atoms with Crippen LogP contribution in [-0.2, 0) is 6.42 Å². The number of aryl methyl sites for hydroxylation is 1. The van der Waals surface area contributed by atoms with Crippen LogP contribution < -0.4 is 0 Å². The Morgan fingerprint density at radius 3 is 2.88 bits per heavy atom. The van der Waals surface area contributed by atoms with Gasteiger partial charge in [0.15, 0.2) is 0 Å². The number of hydrogen-bond donors (Lipinski definition) is 1. The third-order valence-corrected chi connectivity index (χ3v) is 4.03. The quantitative estimate of drug-likeness (QED) is 0.916. The van der Waals surface area contributed by atoms with Gasteiger partial charge in [0.25, 0.3) is 0 Å². The predicted molar refractivity (Wildman–Crippen MR) is 74.7 cm³/mol. The van der Waals surface area contributed by atoms with Crippen molar-refractivity contribution in [2.75, 3.05) is 0 Å². The monoisotopic (exact) mass is 331 g/mol. The first-order valence-corrected chi connectivity index (χ1v) is 7.15. The zero-order chi connectivity index (χ0) is 12.4. The van der Waals surface area contributed by atoms with Gasteiger partial charge in [-0.2, -0.15) is 0 Å². The number of aliphatic hydroxyl groups excluding tert-OH is 1. The second-order valence-corrected chi connectivity index (χ2v) is 6.13. The first-order chi connectivity index (χ1) is 8.06. The highest BCUT2D eigenvalue weighted by atomic mass is 79.9. The van der Waals surface area contributed by atoms with Crippen LogP contribution in [0.5, 0.6) is 0 Å². The summed E-state index contributed by atoms with van der Waals surface area (Å²) in [6, 6.07) is 5.49. The van der Waals surface area contributed by atoms with Gasteiger partial charge >= 0.3 is 0 Å². The predicted octanol–water partition coefficient (Wildman–Crippen LogP) is 4.14. The molecule has 90 valence electrons. The van der Waals surface area contributed by atoms with Crippen LogP contribution >= 0.6 is 38.9 Å². The first kappa shape index (κ1) is 13.0. The van der Waals surface area contributed by atoms with Gasteiger partial charge in [-0.05, 0) is 24.6 Å². The Hall–Kier alpha value is -0.420. The fourth-order valence-electron chi connectivity index (χ4n) is 1.58. The average molecular weight is 333 g/mol. The summed E-state index contributed by atoms with van der Waals surface area (Å²) in [4.78, 5) is 4.33. The molecule has 1 unspecified atom stereocenters.